The summed E-state index contributed by atoms with van der Waals surface area (Å²) < 4.78 is 22.0. The first kappa shape index (κ1) is 40.9. The maximum absolute atomic E-state index is 7.05. The average Bonchev–Trinajstić information content (AvgIpc) is 2.89. The summed E-state index contributed by atoms with van der Waals surface area (Å²) in [5.41, 5.74) is 6.51. The van der Waals surface area contributed by atoms with Gasteiger partial charge >= 0.3 is 309 Å². The van der Waals surface area contributed by atoms with Crippen molar-refractivity contribution in [2.45, 2.75) is 157 Å². The molecule has 3 aromatic rings. The molecule has 0 fully saturated rings. The third-order valence-corrected chi connectivity index (χ3v) is 11.3. The number of rotatable bonds is 7. The third kappa shape index (κ3) is 10.3. The van der Waals surface area contributed by atoms with Crippen molar-refractivity contribution in [3.05, 3.63) is 81.9 Å². The van der Waals surface area contributed by atoms with Crippen LogP contribution in [0.15, 0.2) is 48.5 Å². The van der Waals surface area contributed by atoms with Gasteiger partial charge in [-0.3, -0.25) is 0 Å². The predicted molar refractivity (Wildman–Crippen MR) is 206 cm³/mol. The number of hydrogen-bond donors (Lipinski definition) is 0. The Labute approximate surface area is 307 Å². The molecule has 3 nitrogen and oxygen atoms in total. The van der Waals surface area contributed by atoms with Crippen LogP contribution < -0.4 is 17.6 Å². The van der Waals surface area contributed by atoms with Gasteiger partial charge in [-0.05, 0) is 0 Å². The minimum absolute atomic E-state index is 0.00000143. The van der Waals surface area contributed by atoms with Gasteiger partial charge in [-0.15, -0.1) is 0 Å². The Morgan fingerprint density at radius 3 is 1.10 bits per heavy atom. The summed E-state index contributed by atoms with van der Waals surface area (Å²) in [6.45, 7) is 40.2. The molecule has 0 saturated heterocycles. The van der Waals surface area contributed by atoms with E-state index in [9.17, 15) is 0 Å². The molecule has 0 bridgehead atoms. The Kier molecular flexibility index (Phi) is 12.1. The van der Waals surface area contributed by atoms with Crippen LogP contribution >= 0.6 is 18.1 Å². The molecular formula is C42H62ClO3PPd. The quantitative estimate of drug-likeness (QED) is 0.176. The van der Waals surface area contributed by atoms with Crippen molar-refractivity contribution in [2.75, 3.05) is 0 Å². The Bertz CT molecular complexity index is 1510. The molecule has 0 unspecified atom stereocenters. The zero-order valence-electron chi connectivity index (χ0n) is 33.0. The van der Waals surface area contributed by atoms with Crippen molar-refractivity contribution in [3.63, 3.8) is 0 Å². The molecule has 3 aromatic carbocycles. The molecule has 0 saturated carbocycles. The summed E-state index contributed by atoms with van der Waals surface area (Å²) in [4.78, 5) is 0. The van der Waals surface area contributed by atoms with Crippen LogP contribution in [-0.2, 0) is 49.4 Å². The fourth-order valence-electron chi connectivity index (χ4n) is 5.32. The first-order valence-electron chi connectivity index (χ1n) is 17.1. The van der Waals surface area contributed by atoms with Crippen molar-refractivity contribution < 1.29 is 30.5 Å². The van der Waals surface area contributed by atoms with Crippen molar-refractivity contribution in [3.8, 4) is 17.2 Å². The normalized spacial score (nSPS) is 13.7. The van der Waals surface area contributed by atoms with Gasteiger partial charge in [0.05, 0.1) is 0 Å². The molecular weight excluding hydrogens is 725 g/mol. The molecule has 270 valence electrons. The molecule has 0 aliphatic heterocycles. The van der Waals surface area contributed by atoms with Crippen LogP contribution in [0.25, 0.3) is 0 Å². The van der Waals surface area contributed by atoms with Crippen LogP contribution in [-0.4, -0.2) is 0 Å². The summed E-state index contributed by atoms with van der Waals surface area (Å²) in [6, 6.07) is 17.6. The first-order valence-corrected chi connectivity index (χ1v) is 20.9. The second-order valence-electron chi connectivity index (χ2n) is 19.3. The van der Waals surface area contributed by atoms with Crippen molar-refractivity contribution in [2.24, 2.45) is 0 Å². The average molecular weight is 788 g/mol. The van der Waals surface area contributed by atoms with Gasteiger partial charge in [0.15, 0.2) is 0 Å². The Hall–Kier alpha value is -1.56. The Morgan fingerprint density at radius 1 is 0.438 bits per heavy atom. The molecule has 0 amide bonds. The van der Waals surface area contributed by atoms with Crippen LogP contribution in [0.2, 0.25) is 0 Å². The molecule has 0 N–H and O–H groups in total. The van der Waals surface area contributed by atoms with Gasteiger partial charge in [-0.2, -0.15) is 0 Å². The van der Waals surface area contributed by atoms with E-state index in [2.05, 4.69) is 173 Å². The van der Waals surface area contributed by atoms with Crippen molar-refractivity contribution >= 4 is 22.2 Å². The number of hydrogen-bond acceptors (Lipinski definition) is 3. The van der Waals surface area contributed by atoms with E-state index in [-0.39, 0.29) is 49.4 Å². The van der Waals surface area contributed by atoms with Crippen LogP contribution in [0.5, 0.6) is 17.2 Å². The molecule has 3 rings (SSSR count). The Balaban J connectivity index is 2.32. The molecule has 0 spiro atoms. The van der Waals surface area contributed by atoms with Crippen LogP contribution in [0, 0.1) is 0 Å². The maximum atomic E-state index is 7.05. The fraction of sp³-hybridized carbons (Fsp3) is 0.571. The van der Waals surface area contributed by atoms with Gasteiger partial charge in [0.2, 0.25) is 0 Å². The van der Waals surface area contributed by atoms with E-state index >= 15 is 0 Å². The second kappa shape index (κ2) is 14.2. The summed E-state index contributed by atoms with van der Waals surface area (Å²) in [6.07, 6.45) is 0. The van der Waals surface area contributed by atoms with Crippen LogP contribution in [0.3, 0.4) is 0 Å². The summed E-state index contributed by atoms with van der Waals surface area (Å²) in [7, 11) is 4.80. The van der Waals surface area contributed by atoms with E-state index in [4.69, 9.17) is 23.1 Å². The zero-order chi connectivity index (χ0) is 36.8. The molecule has 6 heteroatoms. The standard InChI is InChI=1S/C42H62O3P.ClH.Pd/c1-37(2,3)28-19-22-34(31(25-28)40(10,11)12)43-46(44-35-23-20-29(38(4,5)6)26-32(35)41(13,14)15)45-36-24-21-30(39(7,8)9)27-33(36)42(16,17)18;;/h19-23,25-27H,1-18H3;1H;/q;;+1/p-1. The van der Waals surface area contributed by atoms with Gasteiger partial charge in [-0.25, -0.2) is 0 Å². The monoisotopic (exact) mass is 786 g/mol. The number of benzene rings is 3. The van der Waals surface area contributed by atoms with E-state index in [1.165, 1.54) is 16.7 Å². The molecule has 0 heterocycles. The molecule has 0 aliphatic carbocycles. The molecule has 0 radical (unpaired) electrons. The SMILES string of the molecule is CC(C)(C)c1ccc(OP(Oc2ccc(C(C)(C)C)cc2C(C)(C)C)Oc2[c]([Pd][Cl])cc(C(C)(C)C)cc2C(C)(C)C)c(C(C)(C)C)c1. The Morgan fingerprint density at radius 2 is 0.792 bits per heavy atom. The van der Waals surface area contributed by atoms with E-state index < -0.39 is 8.60 Å². The fourth-order valence-corrected chi connectivity index (χ4v) is 7.80. The topological polar surface area (TPSA) is 27.7 Å². The summed E-state index contributed by atoms with van der Waals surface area (Å²) >= 11 is -0.209. The van der Waals surface area contributed by atoms with Crippen molar-refractivity contribution in [1.29, 1.82) is 0 Å². The minimum atomic E-state index is -1.97. The zero-order valence-corrected chi connectivity index (χ0v) is 36.2. The van der Waals surface area contributed by atoms with Crippen molar-refractivity contribution in [1.82, 2.24) is 0 Å². The van der Waals surface area contributed by atoms with E-state index in [0.29, 0.717) is 0 Å². The number of halogens is 1. The van der Waals surface area contributed by atoms with Gasteiger partial charge in [0.25, 0.3) is 0 Å². The molecule has 48 heavy (non-hydrogen) atoms. The second-order valence-corrected chi connectivity index (χ2v) is 22.1. The predicted octanol–water partition coefficient (Wildman–Crippen LogP) is 13.1. The first-order chi connectivity index (χ1) is 21.5. The van der Waals surface area contributed by atoms with Gasteiger partial charge in [0.1, 0.15) is 0 Å². The van der Waals surface area contributed by atoms with Crippen LogP contribution in [0.1, 0.15) is 158 Å². The van der Waals surface area contributed by atoms with E-state index in [1.54, 1.807) is 0 Å². The summed E-state index contributed by atoms with van der Waals surface area (Å²) in [5.74, 6) is 2.30. The third-order valence-electron chi connectivity index (χ3n) is 8.58. The van der Waals surface area contributed by atoms with Gasteiger partial charge in [-0.1, -0.05) is 0 Å². The summed E-state index contributed by atoms with van der Waals surface area (Å²) in [5, 5.41) is 0. The molecule has 0 aliphatic rings. The van der Waals surface area contributed by atoms with E-state index in [0.717, 1.165) is 38.0 Å². The molecule has 0 atom stereocenters. The van der Waals surface area contributed by atoms with Gasteiger partial charge < -0.3 is 0 Å². The van der Waals surface area contributed by atoms with Gasteiger partial charge in [0, 0.05) is 0 Å². The molecule has 0 aromatic heterocycles. The van der Waals surface area contributed by atoms with E-state index in [1.807, 2.05) is 0 Å². The van der Waals surface area contributed by atoms with Crippen LogP contribution in [0.4, 0.5) is 0 Å².